The Bertz CT molecular complexity index is 612. The van der Waals surface area contributed by atoms with Gasteiger partial charge < -0.3 is 20.5 Å². The summed E-state index contributed by atoms with van der Waals surface area (Å²) in [6.07, 6.45) is 1.51. The highest BCUT2D eigenvalue weighted by Crippen LogP contribution is 2.26. The molecule has 20 heavy (non-hydrogen) atoms. The molecule has 6 heteroatoms. The van der Waals surface area contributed by atoms with Crippen molar-refractivity contribution in [3.63, 3.8) is 0 Å². The van der Waals surface area contributed by atoms with Gasteiger partial charge in [-0.25, -0.2) is 4.98 Å². The van der Waals surface area contributed by atoms with E-state index in [0.29, 0.717) is 28.6 Å². The summed E-state index contributed by atoms with van der Waals surface area (Å²) in [5.74, 6) is 0.511. The van der Waals surface area contributed by atoms with Crippen LogP contribution < -0.4 is 20.5 Å². The number of para-hydroxylation sites is 1. The number of nitrogens with zero attached hydrogens (tertiary/aromatic N) is 1. The summed E-state index contributed by atoms with van der Waals surface area (Å²) in [5.41, 5.74) is 7.10. The van der Waals surface area contributed by atoms with Gasteiger partial charge in [0.25, 0.3) is 5.91 Å². The summed E-state index contributed by atoms with van der Waals surface area (Å²) < 4.78 is 10.1. The molecule has 0 saturated carbocycles. The fraction of sp³-hybridized carbons (Fsp3) is 0.143. The van der Waals surface area contributed by atoms with E-state index >= 15 is 0 Å². The van der Waals surface area contributed by atoms with Crippen molar-refractivity contribution < 1.29 is 14.3 Å². The number of nitrogen functional groups attached to an aromatic ring is 1. The normalized spacial score (nSPS) is 9.90. The second-order valence-electron chi connectivity index (χ2n) is 3.97. The van der Waals surface area contributed by atoms with Crippen molar-refractivity contribution in [2.24, 2.45) is 0 Å². The lowest BCUT2D eigenvalue weighted by Crippen LogP contribution is -2.14. The number of hydrogen-bond donors (Lipinski definition) is 2. The summed E-state index contributed by atoms with van der Waals surface area (Å²) >= 11 is 0. The summed E-state index contributed by atoms with van der Waals surface area (Å²) in [6.45, 7) is 0. The Morgan fingerprint density at radius 1 is 1.20 bits per heavy atom. The molecular formula is C14H15N3O3. The van der Waals surface area contributed by atoms with Gasteiger partial charge in [-0.15, -0.1) is 0 Å². The van der Waals surface area contributed by atoms with Crippen molar-refractivity contribution in [2.75, 3.05) is 25.3 Å². The van der Waals surface area contributed by atoms with Gasteiger partial charge in [0.2, 0.25) is 5.88 Å². The van der Waals surface area contributed by atoms with E-state index in [9.17, 15) is 4.79 Å². The van der Waals surface area contributed by atoms with Crippen LogP contribution in [0.1, 0.15) is 10.4 Å². The van der Waals surface area contributed by atoms with Gasteiger partial charge in [0.15, 0.2) is 5.75 Å². The number of methoxy groups -OCH3 is 2. The van der Waals surface area contributed by atoms with Crippen LogP contribution in [-0.4, -0.2) is 25.1 Å². The van der Waals surface area contributed by atoms with Gasteiger partial charge in [0.1, 0.15) is 0 Å². The van der Waals surface area contributed by atoms with Crippen LogP contribution in [0.25, 0.3) is 0 Å². The second kappa shape index (κ2) is 5.92. The number of pyridine rings is 1. The number of carbonyl (C=O) groups is 1. The zero-order valence-corrected chi connectivity index (χ0v) is 11.2. The summed E-state index contributed by atoms with van der Waals surface area (Å²) in [5, 5.41) is 2.72. The van der Waals surface area contributed by atoms with Crippen molar-refractivity contribution in [1.29, 1.82) is 0 Å². The average molecular weight is 273 g/mol. The largest absolute Gasteiger partial charge is 0.494 e. The smallest absolute Gasteiger partial charge is 0.259 e. The van der Waals surface area contributed by atoms with E-state index in [1.807, 2.05) is 0 Å². The SMILES string of the molecule is COc1ccc(NC(=O)c2cccc(N)c2OC)cn1. The number of benzene rings is 1. The number of amides is 1. The number of carbonyl (C=O) groups excluding carboxylic acids is 1. The number of nitrogens with one attached hydrogen (secondary N) is 1. The maximum absolute atomic E-state index is 12.2. The molecule has 0 aliphatic heterocycles. The highest BCUT2D eigenvalue weighted by Gasteiger charge is 2.14. The monoisotopic (exact) mass is 273 g/mol. The first kappa shape index (κ1) is 13.7. The van der Waals surface area contributed by atoms with Gasteiger partial charge in [-0.1, -0.05) is 6.07 Å². The van der Waals surface area contributed by atoms with E-state index in [4.69, 9.17) is 15.2 Å². The molecule has 2 rings (SSSR count). The number of anilines is 2. The Hall–Kier alpha value is -2.76. The molecule has 0 bridgehead atoms. The minimum Gasteiger partial charge on any atom is -0.494 e. The third kappa shape index (κ3) is 2.80. The van der Waals surface area contributed by atoms with Gasteiger partial charge in [-0.2, -0.15) is 0 Å². The molecule has 0 unspecified atom stereocenters. The van der Waals surface area contributed by atoms with E-state index in [-0.39, 0.29) is 5.91 Å². The highest BCUT2D eigenvalue weighted by molar-refractivity contribution is 6.07. The van der Waals surface area contributed by atoms with Crippen molar-refractivity contribution in [3.8, 4) is 11.6 Å². The lowest BCUT2D eigenvalue weighted by atomic mass is 10.1. The Morgan fingerprint density at radius 2 is 2.00 bits per heavy atom. The highest BCUT2D eigenvalue weighted by atomic mass is 16.5. The third-order valence-corrected chi connectivity index (χ3v) is 2.70. The van der Waals surface area contributed by atoms with Gasteiger partial charge in [-0.3, -0.25) is 4.79 Å². The van der Waals surface area contributed by atoms with Crippen LogP contribution in [0.2, 0.25) is 0 Å². The second-order valence-corrected chi connectivity index (χ2v) is 3.97. The van der Waals surface area contributed by atoms with Crippen molar-refractivity contribution in [2.45, 2.75) is 0 Å². The molecule has 2 aromatic rings. The molecule has 1 aromatic heterocycles. The lowest BCUT2D eigenvalue weighted by Gasteiger charge is -2.11. The molecule has 1 aromatic carbocycles. The predicted molar refractivity (Wildman–Crippen MR) is 76.1 cm³/mol. The fourth-order valence-corrected chi connectivity index (χ4v) is 1.73. The van der Waals surface area contributed by atoms with E-state index < -0.39 is 0 Å². The minimum atomic E-state index is -0.318. The maximum atomic E-state index is 12.2. The number of nitrogens with two attached hydrogens (primary N) is 1. The fourth-order valence-electron chi connectivity index (χ4n) is 1.73. The van der Waals surface area contributed by atoms with Crippen molar-refractivity contribution in [1.82, 2.24) is 4.98 Å². The zero-order valence-electron chi connectivity index (χ0n) is 11.2. The molecule has 0 aliphatic rings. The zero-order chi connectivity index (χ0) is 14.5. The van der Waals surface area contributed by atoms with Gasteiger partial charge >= 0.3 is 0 Å². The molecule has 104 valence electrons. The van der Waals surface area contributed by atoms with E-state index in [2.05, 4.69) is 10.3 Å². The van der Waals surface area contributed by atoms with Crippen molar-refractivity contribution >= 4 is 17.3 Å². The maximum Gasteiger partial charge on any atom is 0.259 e. The molecule has 6 nitrogen and oxygen atoms in total. The van der Waals surface area contributed by atoms with Crippen LogP contribution in [0.15, 0.2) is 36.5 Å². The summed E-state index contributed by atoms with van der Waals surface area (Å²) in [4.78, 5) is 16.2. The first-order valence-electron chi connectivity index (χ1n) is 5.89. The number of rotatable bonds is 4. The Kier molecular flexibility index (Phi) is 4.05. The standard InChI is InChI=1S/C14H15N3O3/c1-19-12-7-6-9(8-16-12)17-14(18)10-4-3-5-11(15)13(10)20-2/h3-8H,15H2,1-2H3,(H,17,18). The van der Waals surface area contributed by atoms with Gasteiger partial charge in [0, 0.05) is 6.07 Å². The van der Waals surface area contributed by atoms with Crippen molar-refractivity contribution in [3.05, 3.63) is 42.1 Å². The quantitative estimate of drug-likeness (QED) is 0.831. The van der Waals surface area contributed by atoms with E-state index in [0.717, 1.165) is 0 Å². The van der Waals surface area contributed by atoms with E-state index in [1.54, 1.807) is 30.3 Å². The van der Waals surface area contributed by atoms with Crippen LogP contribution in [0.3, 0.4) is 0 Å². The molecular weight excluding hydrogens is 258 g/mol. The molecule has 0 radical (unpaired) electrons. The number of aromatic nitrogens is 1. The first-order chi connectivity index (χ1) is 9.65. The third-order valence-electron chi connectivity index (χ3n) is 2.70. The van der Waals surface area contributed by atoms with Crippen LogP contribution in [-0.2, 0) is 0 Å². The Morgan fingerprint density at radius 3 is 2.60 bits per heavy atom. The van der Waals surface area contributed by atoms with Crippen LogP contribution in [0.5, 0.6) is 11.6 Å². The van der Waals surface area contributed by atoms with Gasteiger partial charge in [0.05, 0.1) is 37.4 Å². The van der Waals surface area contributed by atoms with Crippen LogP contribution in [0.4, 0.5) is 11.4 Å². The Balaban J connectivity index is 2.21. The van der Waals surface area contributed by atoms with E-state index in [1.165, 1.54) is 20.4 Å². The molecule has 0 spiro atoms. The minimum absolute atomic E-state index is 0.318. The first-order valence-corrected chi connectivity index (χ1v) is 5.89. The number of ether oxygens (including phenoxy) is 2. The molecule has 0 aliphatic carbocycles. The molecule has 3 N–H and O–H groups in total. The number of hydrogen-bond acceptors (Lipinski definition) is 5. The Labute approximate surface area is 116 Å². The lowest BCUT2D eigenvalue weighted by molar-refractivity contribution is 0.102. The van der Waals surface area contributed by atoms with Crippen LogP contribution >= 0.6 is 0 Å². The topological polar surface area (TPSA) is 86.5 Å². The summed E-state index contributed by atoms with van der Waals surface area (Å²) in [6, 6.07) is 8.36. The summed E-state index contributed by atoms with van der Waals surface area (Å²) in [7, 11) is 3.00. The predicted octanol–water partition coefficient (Wildman–Crippen LogP) is 1.93. The molecule has 0 atom stereocenters. The molecule has 1 heterocycles. The molecule has 0 fully saturated rings. The molecule has 1 amide bonds. The van der Waals surface area contributed by atoms with Gasteiger partial charge in [-0.05, 0) is 18.2 Å². The van der Waals surface area contributed by atoms with Crippen LogP contribution in [0, 0.1) is 0 Å². The average Bonchev–Trinajstić information content (AvgIpc) is 2.47. The molecule has 0 saturated heterocycles.